The first kappa shape index (κ1) is 21.3. The quantitative estimate of drug-likeness (QED) is 0.339. The van der Waals surface area contributed by atoms with Gasteiger partial charge in [-0.05, 0) is 29.8 Å². The molecule has 0 aliphatic rings. The van der Waals surface area contributed by atoms with Gasteiger partial charge in [0, 0.05) is 24.0 Å². The second-order valence-electron chi connectivity index (χ2n) is 6.30. The SMILES string of the molecule is O=C(N/N=C\C/C(=N\NC(=O)Nc1ccccc1)c1ccccc1)Nc1ccccc1. The predicted molar refractivity (Wildman–Crippen MR) is 123 cm³/mol. The van der Waals surface area contributed by atoms with Crippen LogP contribution in [-0.4, -0.2) is 24.0 Å². The molecule has 0 heterocycles. The number of hydrogen-bond acceptors (Lipinski definition) is 4. The third kappa shape index (κ3) is 7.47. The van der Waals surface area contributed by atoms with Crippen molar-refractivity contribution >= 4 is 35.4 Å². The summed E-state index contributed by atoms with van der Waals surface area (Å²) in [6.45, 7) is 0. The van der Waals surface area contributed by atoms with Gasteiger partial charge >= 0.3 is 12.1 Å². The van der Waals surface area contributed by atoms with Gasteiger partial charge in [-0.2, -0.15) is 10.2 Å². The number of hydrogen-bond donors (Lipinski definition) is 4. The minimum atomic E-state index is -0.461. The Kier molecular flexibility index (Phi) is 7.90. The van der Waals surface area contributed by atoms with Crippen molar-refractivity contribution in [3.05, 3.63) is 96.6 Å². The van der Waals surface area contributed by atoms with Crippen LogP contribution in [0.15, 0.2) is 101 Å². The number of para-hydroxylation sites is 2. The summed E-state index contributed by atoms with van der Waals surface area (Å²) in [6.07, 6.45) is 1.80. The average Bonchev–Trinajstić information content (AvgIpc) is 2.80. The molecule has 31 heavy (non-hydrogen) atoms. The summed E-state index contributed by atoms with van der Waals surface area (Å²) in [5.41, 5.74) is 7.61. The predicted octanol–water partition coefficient (Wildman–Crippen LogP) is 4.41. The molecule has 8 nitrogen and oxygen atoms in total. The number of benzene rings is 3. The van der Waals surface area contributed by atoms with Gasteiger partial charge in [-0.3, -0.25) is 0 Å². The Bertz CT molecular complexity index is 1040. The van der Waals surface area contributed by atoms with Crippen molar-refractivity contribution in [1.29, 1.82) is 0 Å². The highest BCUT2D eigenvalue weighted by Crippen LogP contribution is 2.06. The maximum Gasteiger partial charge on any atom is 0.339 e. The largest absolute Gasteiger partial charge is 0.339 e. The highest BCUT2D eigenvalue weighted by Gasteiger charge is 2.05. The molecule has 4 amide bonds. The van der Waals surface area contributed by atoms with Gasteiger partial charge in [0.05, 0.1) is 5.71 Å². The monoisotopic (exact) mass is 414 g/mol. The fraction of sp³-hybridized carbons (Fsp3) is 0.0435. The minimum Gasteiger partial charge on any atom is -0.307 e. The minimum absolute atomic E-state index is 0.293. The number of amides is 4. The highest BCUT2D eigenvalue weighted by atomic mass is 16.2. The van der Waals surface area contributed by atoms with E-state index in [0.717, 1.165) is 5.56 Å². The molecule has 0 fully saturated rings. The number of carbonyl (C=O) groups is 2. The molecule has 0 saturated heterocycles. The lowest BCUT2D eigenvalue weighted by atomic mass is 10.1. The van der Waals surface area contributed by atoms with Gasteiger partial charge in [0.25, 0.3) is 0 Å². The number of rotatable bonds is 7. The van der Waals surface area contributed by atoms with E-state index in [1.165, 1.54) is 6.21 Å². The van der Waals surface area contributed by atoms with E-state index in [1.54, 1.807) is 24.3 Å². The second kappa shape index (κ2) is 11.5. The first-order valence-corrected chi connectivity index (χ1v) is 9.58. The maximum absolute atomic E-state index is 12.1. The molecule has 4 N–H and O–H groups in total. The number of urea groups is 2. The van der Waals surface area contributed by atoms with Crippen molar-refractivity contribution in [2.75, 3.05) is 10.6 Å². The number of carbonyl (C=O) groups excluding carboxylic acids is 2. The molecular formula is C23H22N6O2. The molecule has 3 aromatic rings. The molecule has 3 rings (SSSR count). The van der Waals surface area contributed by atoms with Gasteiger partial charge in [0.15, 0.2) is 0 Å². The fourth-order valence-electron chi connectivity index (χ4n) is 2.57. The van der Waals surface area contributed by atoms with Crippen LogP contribution in [0.5, 0.6) is 0 Å². The van der Waals surface area contributed by atoms with E-state index in [9.17, 15) is 9.59 Å². The van der Waals surface area contributed by atoms with Crippen LogP contribution in [0.3, 0.4) is 0 Å². The highest BCUT2D eigenvalue weighted by molar-refractivity contribution is 6.08. The third-order valence-corrected chi connectivity index (χ3v) is 4.00. The fourth-order valence-corrected chi connectivity index (χ4v) is 2.57. The normalized spacial score (nSPS) is 11.0. The standard InChI is InChI=1S/C23H22N6O2/c30-22(25-19-12-6-2-7-13-19)28-24-17-16-21(18-10-4-1-5-11-18)27-29-23(31)26-20-14-8-3-9-15-20/h1-15,17H,16H2,(H2,25,28,30)(H2,26,29,31)/b24-17-,27-21+. The number of hydrazone groups is 2. The summed E-state index contributed by atoms with van der Waals surface area (Å²) >= 11 is 0. The molecule has 8 heteroatoms. The lowest BCUT2D eigenvalue weighted by molar-refractivity contribution is 0.252. The Hall–Kier alpha value is -4.46. The molecule has 0 aromatic heterocycles. The lowest BCUT2D eigenvalue weighted by Crippen LogP contribution is -2.26. The van der Waals surface area contributed by atoms with Gasteiger partial charge in [0.1, 0.15) is 0 Å². The summed E-state index contributed by atoms with van der Waals surface area (Å²) < 4.78 is 0. The second-order valence-corrected chi connectivity index (χ2v) is 6.30. The molecule has 0 atom stereocenters. The van der Waals surface area contributed by atoms with Crippen molar-refractivity contribution in [1.82, 2.24) is 10.9 Å². The van der Waals surface area contributed by atoms with E-state index in [1.807, 2.05) is 66.7 Å². The Morgan fingerprint density at radius 2 is 1.16 bits per heavy atom. The molecule has 0 spiro atoms. The van der Waals surface area contributed by atoms with Crippen LogP contribution in [0.25, 0.3) is 0 Å². The summed E-state index contributed by atoms with van der Waals surface area (Å²) in [5, 5.41) is 13.5. The van der Waals surface area contributed by atoms with Crippen molar-refractivity contribution in [2.45, 2.75) is 6.42 Å². The van der Waals surface area contributed by atoms with E-state index >= 15 is 0 Å². The van der Waals surface area contributed by atoms with E-state index < -0.39 is 12.1 Å². The first-order chi connectivity index (χ1) is 15.2. The molecular weight excluding hydrogens is 392 g/mol. The van der Waals surface area contributed by atoms with E-state index in [2.05, 4.69) is 31.7 Å². The first-order valence-electron chi connectivity index (χ1n) is 9.58. The number of nitrogens with zero attached hydrogens (tertiary/aromatic N) is 2. The van der Waals surface area contributed by atoms with Crippen LogP contribution in [0.4, 0.5) is 21.0 Å². The molecule has 0 radical (unpaired) electrons. The Balaban J connectivity index is 1.57. The topological polar surface area (TPSA) is 107 Å². The van der Waals surface area contributed by atoms with Crippen LogP contribution in [0, 0.1) is 0 Å². The zero-order valence-corrected chi connectivity index (χ0v) is 16.7. The van der Waals surface area contributed by atoms with Crippen molar-refractivity contribution in [3.63, 3.8) is 0 Å². The molecule has 0 saturated carbocycles. The summed E-state index contributed by atoms with van der Waals surface area (Å²) in [6, 6.07) is 26.6. The Morgan fingerprint density at radius 1 is 0.677 bits per heavy atom. The third-order valence-electron chi connectivity index (χ3n) is 4.00. The van der Waals surface area contributed by atoms with Crippen LogP contribution < -0.4 is 21.5 Å². The smallest absolute Gasteiger partial charge is 0.307 e. The number of nitrogens with one attached hydrogen (secondary N) is 4. The Morgan fingerprint density at radius 3 is 1.71 bits per heavy atom. The molecule has 0 aliphatic carbocycles. The molecule has 156 valence electrons. The van der Waals surface area contributed by atoms with E-state index in [-0.39, 0.29) is 0 Å². The van der Waals surface area contributed by atoms with Gasteiger partial charge < -0.3 is 10.6 Å². The van der Waals surface area contributed by atoms with Crippen molar-refractivity contribution in [3.8, 4) is 0 Å². The zero-order valence-electron chi connectivity index (χ0n) is 16.7. The lowest BCUT2D eigenvalue weighted by Gasteiger charge is -2.07. The average molecular weight is 414 g/mol. The molecule has 0 bridgehead atoms. The van der Waals surface area contributed by atoms with E-state index in [0.29, 0.717) is 23.5 Å². The van der Waals surface area contributed by atoms with Gasteiger partial charge in [-0.25, -0.2) is 20.4 Å². The zero-order chi connectivity index (χ0) is 21.7. The summed E-state index contributed by atoms with van der Waals surface area (Å²) in [4.78, 5) is 24.0. The van der Waals surface area contributed by atoms with Gasteiger partial charge in [-0.1, -0.05) is 66.7 Å². The number of anilines is 2. The van der Waals surface area contributed by atoms with Crippen molar-refractivity contribution < 1.29 is 9.59 Å². The van der Waals surface area contributed by atoms with E-state index in [4.69, 9.17) is 0 Å². The van der Waals surface area contributed by atoms with Crippen LogP contribution in [0.1, 0.15) is 12.0 Å². The summed E-state index contributed by atoms with van der Waals surface area (Å²) in [7, 11) is 0. The van der Waals surface area contributed by atoms with Crippen molar-refractivity contribution in [2.24, 2.45) is 10.2 Å². The molecule has 3 aromatic carbocycles. The van der Waals surface area contributed by atoms with Crippen LogP contribution in [0.2, 0.25) is 0 Å². The van der Waals surface area contributed by atoms with Gasteiger partial charge in [-0.15, -0.1) is 0 Å². The van der Waals surface area contributed by atoms with Gasteiger partial charge in [0.2, 0.25) is 0 Å². The van der Waals surface area contributed by atoms with Crippen LogP contribution in [-0.2, 0) is 0 Å². The molecule has 0 aliphatic heterocycles. The molecule has 0 unspecified atom stereocenters. The van der Waals surface area contributed by atoms with Crippen LogP contribution >= 0.6 is 0 Å². The Labute approximate surface area is 180 Å². The summed E-state index contributed by atoms with van der Waals surface area (Å²) in [5.74, 6) is 0. The maximum atomic E-state index is 12.1.